The van der Waals surface area contributed by atoms with Crippen molar-refractivity contribution in [1.82, 2.24) is 9.71 Å². The van der Waals surface area contributed by atoms with Crippen LogP contribution in [0.25, 0.3) is 0 Å². The first-order valence-electron chi connectivity index (χ1n) is 5.94. The molecule has 1 fully saturated rings. The Morgan fingerprint density at radius 2 is 2.21 bits per heavy atom. The van der Waals surface area contributed by atoms with Crippen LogP contribution in [-0.2, 0) is 14.8 Å². The van der Waals surface area contributed by atoms with Gasteiger partial charge < -0.3 is 4.74 Å². The molecule has 0 spiro atoms. The van der Waals surface area contributed by atoms with E-state index >= 15 is 0 Å². The monoisotopic (exact) mass is 304 g/mol. The van der Waals surface area contributed by atoms with Gasteiger partial charge in [0.05, 0.1) is 11.0 Å². The minimum absolute atomic E-state index is 0.0706. The number of halogens is 1. The van der Waals surface area contributed by atoms with E-state index in [0.717, 1.165) is 0 Å². The number of nitrogens with one attached hydrogen (secondary N) is 1. The van der Waals surface area contributed by atoms with Crippen LogP contribution in [-0.4, -0.2) is 32.7 Å². The second-order valence-electron chi connectivity index (χ2n) is 5.27. The van der Waals surface area contributed by atoms with Crippen molar-refractivity contribution in [3.8, 4) is 0 Å². The van der Waals surface area contributed by atoms with Gasteiger partial charge in [-0.3, -0.25) is 0 Å². The van der Waals surface area contributed by atoms with Crippen LogP contribution in [0.2, 0.25) is 5.15 Å². The molecule has 1 aliphatic rings. The molecule has 0 aromatic carbocycles. The number of hydrogen-bond acceptors (Lipinski definition) is 4. The highest BCUT2D eigenvalue weighted by Crippen LogP contribution is 2.43. The predicted octanol–water partition coefficient (Wildman–Crippen LogP) is 1.83. The van der Waals surface area contributed by atoms with Crippen molar-refractivity contribution in [3.63, 3.8) is 0 Å². The summed E-state index contributed by atoms with van der Waals surface area (Å²) in [7, 11) is -1.94. The Kier molecular flexibility index (Phi) is 3.88. The van der Waals surface area contributed by atoms with Crippen molar-refractivity contribution in [3.05, 3.63) is 23.5 Å². The van der Waals surface area contributed by atoms with Crippen LogP contribution in [0.1, 0.15) is 20.3 Å². The molecule has 5 nitrogen and oxygen atoms in total. The Morgan fingerprint density at radius 3 is 2.74 bits per heavy atom. The molecule has 1 saturated carbocycles. The zero-order valence-electron chi connectivity index (χ0n) is 11.1. The summed E-state index contributed by atoms with van der Waals surface area (Å²) in [5.74, 6) is 0. The summed E-state index contributed by atoms with van der Waals surface area (Å²) >= 11 is 5.71. The fourth-order valence-electron chi connectivity index (χ4n) is 2.29. The van der Waals surface area contributed by atoms with Gasteiger partial charge in [-0.25, -0.2) is 18.1 Å². The van der Waals surface area contributed by atoms with E-state index in [0.29, 0.717) is 6.42 Å². The van der Waals surface area contributed by atoms with Gasteiger partial charge in [-0.15, -0.1) is 0 Å². The summed E-state index contributed by atoms with van der Waals surface area (Å²) < 4.78 is 32.5. The zero-order chi connectivity index (χ0) is 14.3. The van der Waals surface area contributed by atoms with Gasteiger partial charge in [0.25, 0.3) is 0 Å². The van der Waals surface area contributed by atoms with Crippen molar-refractivity contribution in [2.24, 2.45) is 5.41 Å². The minimum atomic E-state index is -3.58. The largest absolute Gasteiger partial charge is 0.381 e. The van der Waals surface area contributed by atoms with Crippen molar-refractivity contribution >= 4 is 21.6 Å². The third kappa shape index (κ3) is 2.76. The molecule has 2 unspecified atom stereocenters. The lowest BCUT2D eigenvalue weighted by Gasteiger charge is -2.50. The number of sulfonamides is 1. The predicted molar refractivity (Wildman–Crippen MR) is 72.6 cm³/mol. The zero-order valence-corrected chi connectivity index (χ0v) is 12.6. The van der Waals surface area contributed by atoms with Gasteiger partial charge in [0, 0.05) is 24.8 Å². The second-order valence-corrected chi connectivity index (χ2v) is 7.37. The average Bonchev–Trinajstić information content (AvgIpc) is 2.34. The summed E-state index contributed by atoms with van der Waals surface area (Å²) in [6.45, 7) is 3.97. The number of hydrogen-bond donors (Lipinski definition) is 1. The lowest BCUT2D eigenvalue weighted by Crippen LogP contribution is -2.61. The van der Waals surface area contributed by atoms with E-state index in [1.807, 2.05) is 13.8 Å². The van der Waals surface area contributed by atoms with Gasteiger partial charge in [-0.05, 0) is 18.6 Å². The maximum Gasteiger partial charge on any atom is 0.241 e. The van der Waals surface area contributed by atoms with Crippen LogP contribution in [0.5, 0.6) is 0 Å². The molecule has 1 aromatic heterocycles. The molecular weight excluding hydrogens is 288 g/mol. The molecule has 19 heavy (non-hydrogen) atoms. The molecule has 7 heteroatoms. The second kappa shape index (κ2) is 5.01. The Balaban J connectivity index is 2.16. The van der Waals surface area contributed by atoms with Crippen molar-refractivity contribution in [1.29, 1.82) is 0 Å². The first kappa shape index (κ1) is 14.7. The quantitative estimate of drug-likeness (QED) is 0.862. The molecule has 0 radical (unpaired) electrons. The van der Waals surface area contributed by atoms with Gasteiger partial charge in [0.2, 0.25) is 10.0 Å². The Labute approximate surface area is 118 Å². The Morgan fingerprint density at radius 1 is 1.53 bits per heavy atom. The fraction of sp³-hybridized carbons (Fsp3) is 0.583. The third-order valence-corrected chi connectivity index (χ3v) is 5.44. The highest BCUT2D eigenvalue weighted by atomic mass is 35.5. The molecule has 2 rings (SSSR count). The topological polar surface area (TPSA) is 68.3 Å². The Bertz CT molecular complexity index is 574. The van der Waals surface area contributed by atoms with Crippen molar-refractivity contribution in [2.45, 2.75) is 37.3 Å². The molecular formula is C12H17ClN2O3S. The third-order valence-electron chi connectivity index (χ3n) is 3.77. The maximum atomic E-state index is 12.2. The fourth-order valence-corrected chi connectivity index (χ4v) is 3.95. The molecule has 0 aliphatic heterocycles. The summed E-state index contributed by atoms with van der Waals surface area (Å²) in [6, 6.07) is 2.62. The normalized spacial score (nSPS) is 25.9. The van der Waals surface area contributed by atoms with E-state index in [1.54, 1.807) is 7.11 Å². The van der Waals surface area contributed by atoms with Gasteiger partial charge >= 0.3 is 0 Å². The molecule has 1 aromatic rings. The molecule has 0 bridgehead atoms. The summed E-state index contributed by atoms with van der Waals surface area (Å²) in [4.78, 5) is 3.90. The van der Waals surface area contributed by atoms with E-state index in [-0.39, 0.29) is 27.6 Å². The number of pyridine rings is 1. The SMILES string of the molecule is COC1CC(NS(=O)(=O)c2ccnc(Cl)c2)C1(C)C. The summed E-state index contributed by atoms with van der Waals surface area (Å²) in [5.41, 5.74) is -0.224. The van der Waals surface area contributed by atoms with E-state index in [1.165, 1.54) is 18.3 Å². The van der Waals surface area contributed by atoms with E-state index in [9.17, 15) is 8.42 Å². The number of aromatic nitrogens is 1. The summed E-state index contributed by atoms with van der Waals surface area (Å²) in [5, 5.41) is 0.158. The van der Waals surface area contributed by atoms with Gasteiger partial charge in [0.1, 0.15) is 5.15 Å². The van der Waals surface area contributed by atoms with Gasteiger partial charge in [0.15, 0.2) is 0 Å². The van der Waals surface area contributed by atoms with E-state index < -0.39 is 10.0 Å². The molecule has 0 saturated heterocycles. The first-order valence-corrected chi connectivity index (χ1v) is 7.80. The van der Waals surface area contributed by atoms with Gasteiger partial charge in [-0.2, -0.15) is 0 Å². The van der Waals surface area contributed by atoms with Gasteiger partial charge in [-0.1, -0.05) is 25.4 Å². The molecule has 1 N–H and O–H groups in total. The molecule has 1 heterocycles. The van der Waals surface area contributed by atoms with Crippen LogP contribution in [0.4, 0.5) is 0 Å². The molecule has 0 amide bonds. The lowest BCUT2D eigenvalue weighted by molar-refractivity contribution is -0.0908. The number of ether oxygens (including phenoxy) is 1. The number of rotatable bonds is 4. The maximum absolute atomic E-state index is 12.2. The standard InChI is InChI=1S/C12H17ClN2O3S/c1-12(2)9(7-10(12)18-3)15-19(16,17)8-4-5-14-11(13)6-8/h4-6,9-10,15H,7H2,1-3H3. The minimum Gasteiger partial charge on any atom is -0.381 e. The highest BCUT2D eigenvalue weighted by molar-refractivity contribution is 7.89. The number of methoxy groups -OCH3 is 1. The average molecular weight is 305 g/mol. The van der Waals surface area contributed by atoms with Crippen LogP contribution < -0.4 is 4.72 Å². The first-order chi connectivity index (χ1) is 8.77. The molecule has 106 valence electrons. The Hall–Kier alpha value is -0.690. The highest BCUT2D eigenvalue weighted by Gasteiger charge is 2.50. The summed E-state index contributed by atoms with van der Waals surface area (Å²) in [6.07, 6.45) is 2.11. The van der Waals surface area contributed by atoms with E-state index in [2.05, 4.69) is 9.71 Å². The molecule has 1 aliphatic carbocycles. The lowest BCUT2D eigenvalue weighted by atomic mass is 9.65. The van der Waals surface area contributed by atoms with E-state index in [4.69, 9.17) is 16.3 Å². The van der Waals surface area contributed by atoms with Crippen LogP contribution >= 0.6 is 11.6 Å². The van der Waals surface area contributed by atoms with Crippen molar-refractivity contribution < 1.29 is 13.2 Å². The number of nitrogens with zero attached hydrogens (tertiary/aromatic N) is 1. The van der Waals surface area contributed by atoms with Crippen LogP contribution in [0.15, 0.2) is 23.2 Å². The smallest absolute Gasteiger partial charge is 0.241 e. The molecule has 2 atom stereocenters. The van der Waals surface area contributed by atoms with Crippen LogP contribution in [0.3, 0.4) is 0 Å². The van der Waals surface area contributed by atoms with Crippen molar-refractivity contribution in [2.75, 3.05) is 7.11 Å². The van der Waals surface area contributed by atoms with Crippen LogP contribution in [0, 0.1) is 5.41 Å².